The number of thiophene rings is 1. The Labute approximate surface area is 101 Å². The highest BCUT2D eigenvalue weighted by molar-refractivity contribution is 7.09. The van der Waals surface area contributed by atoms with Gasteiger partial charge in [0, 0.05) is 23.4 Å². The first-order valence-electron chi connectivity index (χ1n) is 5.91. The van der Waals surface area contributed by atoms with Gasteiger partial charge < -0.3 is 4.74 Å². The summed E-state index contributed by atoms with van der Waals surface area (Å²) >= 11 is 1.82. The van der Waals surface area contributed by atoms with Crippen LogP contribution in [0.25, 0.3) is 0 Å². The maximum absolute atomic E-state index is 5.65. The highest BCUT2D eigenvalue weighted by Gasteiger charge is 2.30. The highest BCUT2D eigenvalue weighted by Crippen LogP contribution is 2.26. The summed E-state index contributed by atoms with van der Waals surface area (Å²) in [6, 6.07) is 4.67. The summed E-state index contributed by atoms with van der Waals surface area (Å²) < 4.78 is 5.59. The van der Waals surface area contributed by atoms with Crippen LogP contribution >= 0.6 is 11.3 Å². The third-order valence-electron chi connectivity index (χ3n) is 3.45. The second kappa shape index (κ2) is 5.77. The van der Waals surface area contributed by atoms with Crippen LogP contribution in [-0.2, 0) is 11.2 Å². The van der Waals surface area contributed by atoms with Crippen molar-refractivity contribution in [3.8, 4) is 0 Å². The predicted molar refractivity (Wildman–Crippen MR) is 67.3 cm³/mol. The van der Waals surface area contributed by atoms with E-state index < -0.39 is 0 Å². The van der Waals surface area contributed by atoms with Gasteiger partial charge in [-0.05, 0) is 37.6 Å². The van der Waals surface area contributed by atoms with Crippen LogP contribution in [0.1, 0.15) is 24.6 Å². The van der Waals surface area contributed by atoms with Crippen LogP contribution in [0.15, 0.2) is 17.5 Å². The Hall–Kier alpha value is -0.420. The Morgan fingerprint density at radius 3 is 3.12 bits per heavy atom. The Kier molecular flexibility index (Phi) is 4.35. The topological polar surface area (TPSA) is 47.3 Å². The Morgan fingerprint density at radius 2 is 2.56 bits per heavy atom. The third-order valence-corrected chi connectivity index (χ3v) is 4.38. The van der Waals surface area contributed by atoms with Gasteiger partial charge >= 0.3 is 0 Å². The first-order valence-corrected chi connectivity index (χ1v) is 6.79. The average molecular weight is 240 g/mol. The number of aryl methyl sites for hydroxylation is 1. The molecule has 1 aromatic rings. The van der Waals surface area contributed by atoms with Crippen molar-refractivity contribution in [1.82, 2.24) is 5.43 Å². The number of rotatable bonds is 5. The first kappa shape index (κ1) is 12.0. The smallest absolute Gasteiger partial charge is 0.0591 e. The van der Waals surface area contributed by atoms with E-state index in [9.17, 15) is 0 Å². The second-order valence-electron chi connectivity index (χ2n) is 4.42. The van der Waals surface area contributed by atoms with Gasteiger partial charge in [-0.15, -0.1) is 11.3 Å². The Morgan fingerprint density at radius 1 is 1.69 bits per heavy atom. The number of nitrogens with two attached hydrogens (primary N) is 1. The van der Waals surface area contributed by atoms with Crippen molar-refractivity contribution in [1.29, 1.82) is 0 Å². The fourth-order valence-electron chi connectivity index (χ4n) is 2.45. The third kappa shape index (κ3) is 2.83. The van der Waals surface area contributed by atoms with Crippen molar-refractivity contribution in [2.45, 2.75) is 38.3 Å². The molecule has 3 nitrogen and oxygen atoms in total. The number of hydrogen-bond donors (Lipinski definition) is 2. The Balaban J connectivity index is 1.85. The SMILES string of the molecule is CC1OCCC1C(CCc1cccs1)NN. The van der Waals surface area contributed by atoms with E-state index in [1.807, 2.05) is 11.3 Å². The lowest BCUT2D eigenvalue weighted by molar-refractivity contribution is 0.0943. The van der Waals surface area contributed by atoms with Crippen LogP contribution in [0.4, 0.5) is 0 Å². The Bertz CT molecular complexity index is 302. The van der Waals surface area contributed by atoms with Gasteiger partial charge in [0.25, 0.3) is 0 Å². The molecule has 1 aromatic heterocycles. The highest BCUT2D eigenvalue weighted by atomic mass is 32.1. The van der Waals surface area contributed by atoms with E-state index in [0.29, 0.717) is 18.1 Å². The number of hydrazine groups is 1. The largest absolute Gasteiger partial charge is 0.378 e. The molecule has 1 aliphatic rings. The molecule has 0 saturated carbocycles. The minimum Gasteiger partial charge on any atom is -0.378 e. The van der Waals surface area contributed by atoms with E-state index >= 15 is 0 Å². The van der Waals surface area contributed by atoms with Gasteiger partial charge in [0.05, 0.1) is 6.10 Å². The molecule has 0 radical (unpaired) electrons. The van der Waals surface area contributed by atoms with Crippen LogP contribution in [0.3, 0.4) is 0 Å². The minimum absolute atomic E-state index is 0.337. The summed E-state index contributed by atoms with van der Waals surface area (Å²) in [5.74, 6) is 6.21. The number of ether oxygens (including phenoxy) is 1. The first-order chi connectivity index (χ1) is 7.81. The molecule has 0 aliphatic carbocycles. The fraction of sp³-hybridized carbons (Fsp3) is 0.667. The standard InChI is InChI=1S/C12H20N2OS/c1-9-11(6-7-15-9)12(14-13)5-4-10-3-2-8-16-10/h2-3,8-9,11-12,14H,4-7,13H2,1H3. The van der Waals surface area contributed by atoms with Crippen molar-refractivity contribution in [3.05, 3.63) is 22.4 Å². The molecule has 0 aromatic carbocycles. The van der Waals surface area contributed by atoms with E-state index in [2.05, 4.69) is 29.9 Å². The van der Waals surface area contributed by atoms with Crippen LogP contribution < -0.4 is 11.3 Å². The summed E-state index contributed by atoms with van der Waals surface area (Å²) in [6.45, 7) is 3.02. The van der Waals surface area contributed by atoms with Crippen LogP contribution in [0.2, 0.25) is 0 Å². The normalized spacial score (nSPS) is 27.1. The van der Waals surface area contributed by atoms with Crippen molar-refractivity contribution >= 4 is 11.3 Å². The van der Waals surface area contributed by atoms with Crippen molar-refractivity contribution in [3.63, 3.8) is 0 Å². The van der Waals surface area contributed by atoms with Crippen LogP contribution in [0.5, 0.6) is 0 Å². The van der Waals surface area contributed by atoms with Gasteiger partial charge in [-0.25, -0.2) is 0 Å². The molecule has 3 atom stereocenters. The van der Waals surface area contributed by atoms with Gasteiger partial charge in [0.1, 0.15) is 0 Å². The molecule has 1 fully saturated rings. The van der Waals surface area contributed by atoms with E-state index in [0.717, 1.165) is 25.9 Å². The zero-order valence-electron chi connectivity index (χ0n) is 9.69. The van der Waals surface area contributed by atoms with E-state index in [1.165, 1.54) is 4.88 Å². The van der Waals surface area contributed by atoms with Gasteiger partial charge in [0.15, 0.2) is 0 Å². The summed E-state index contributed by atoms with van der Waals surface area (Å²) in [5.41, 5.74) is 2.96. The summed E-state index contributed by atoms with van der Waals surface area (Å²) in [6.07, 6.45) is 3.66. The fourth-order valence-corrected chi connectivity index (χ4v) is 3.18. The van der Waals surface area contributed by atoms with E-state index in [1.54, 1.807) is 0 Å². The summed E-state index contributed by atoms with van der Waals surface area (Å²) in [7, 11) is 0. The molecule has 4 heteroatoms. The summed E-state index contributed by atoms with van der Waals surface area (Å²) in [4.78, 5) is 1.44. The van der Waals surface area contributed by atoms with Crippen molar-refractivity contribution in [2.75, 3.05) is 6.61 Å². The lowest BCUT2D eigenvalue weighted by Gasteiger charge is -2.24. The van der Waals surface area contributed by atoms with Gasteiger partial charge in [-0.2, -0.15) is 0 Å². The lowest BCUT2D eigenvalue weighted by Crippen LogP contribution is -2.43. The molecule has 0 spiro atoms. The number of hydrogen-bond acceptors (Lipinski definition) is 4. The predicted octanol–water partition coefficient (Wildman–Crippen LogP) is 1.94. The number of nitrogens with one attached hydrogen (secondary N) is 1. The molecule has 2 rings (SSSR count). The van der Waals surface area contributed by atoms with E-state index in [-0.39, 0.29) is 0 Å². The molecule has 3 unspecified atom stereocenters. The zero-order valence-corrected chi connectivity index (χ0v) is 10.5. The second-order valence-corrected chi connectivity index (χ2v) is 5.45. The molecular formula is C12H20N2OS. The lowest BCUT2D eigenvalue weighted by atomic mass is 9.90. The molecule has 2 heterocycles. The monoisotopic (exact) mass is 240 g/mol. The average Bonchev–Trinajstić information content (AvgIpc) is 2.92. The molecule has 1 aliphatic heterocycles. The van der Waals surface area contributed by atoms with Gasteiger partial charge in [-0.3, -0.25) is 11.3 Å². The maximum atomic E-state index is 5.65. The molecule has 90 valence electrons. The summed E-state index contributed by atoms with van der Waals surface area (Å²) in [5, 5.41) is 2.13. The molecular weight excluding hydrogens is 220 g/mol. The zero-order chi connectivity index (χ0) is 11.4. The van der Waals surface area contributed by atoms with Crippen molar-refractivity contribution < 1.29 is 4.74 Å². The molecule has 1 saturated heterocycles. The van der Waals surface area contributed by atoms with Crippen LogP contribution in [-0.4, -0.2) is 18.8 Å². The van der Waals surface area contributed by atoms with E-state index in [4.69, 9.17) is 10.6 Å². The molecule has 0 bridgehead atoms. The molecule has 0 amide bonds. The molecule has 3 N–H and O–H groups in total. The minimum atomic E-state index is 0.337. The van der Waals surface area contributed by atoms with Crippen LogP contribution in [0, 0.1) is 5.92 Å². The van der Waals surface area contributed by atoms with Gasteiger partial charge in [-0.1, -0.05) is 6.07 Å². The molecule has 16 heavy (non-hydrogen) atoms. The van der Waals surface area contributed by atoms with Gasteiger partial charge in [0.2, 0.25) is 0 Å². The quantitative estimate of drug-likeness (QED) is 0.611. The van der Waals surface area contributed by atoms with Crippen molar-refractivity contribution in [2.24, 2.45) is 11.8 Å². The maximum Gasteiger partial charge on any atom is 0.0591 e.